The third-order valence-electron chi connectivity index (χ3n) is 5.17. The van der Waals surface area contributed by atoms with E-state index in [0.717, 1.165) is 22.0 Å². The molecule has 5 rings (SSSR count). The van der Waals surface area contributed by atoms with Crippen molar-refractivity contribution < 1.29 is 4.79 Å². The van der Waals surface area contributed by atoms with Gasteiger partial charge in [0.05, 0.1) is 11.0 Å². The van der Waals surface area contributed by atoms with Gasteiger partial charge in [-0.25, -0.2) is 9.97 Å². The quantitative estimate of drug-likeness (QED) is 0.431. The van der Waals surface area contributed by atoms with Gasteiger partial charge in [0, 0.05) is 17.6 Å². The van der Waals surface area contributed by atoms with E-state index in [0.29, 0.717) is 34.6 Å². The molecule has 0 aliphatic heterocycles. The van der Waals surface area contributed by atoms with Crippen LogP contribution in [0.4, 0.5) is 11.5 Å². The lowest BCUT2D eigenvalue weighted by molar-refractivity contribution is 0.102. The molecule has 2 aromatic heterocycles. The Labute approximate surface area is 172 Å². The van der Waals surface area contributed by atoms with Crippen molar-refractivity contribution in [3.8, 4) is 0 Å². The summed E-state index contributed by atoms with van der Waals surface area (Å²) in [4.78, 5) is 22.8. The van der Waals surface area contributed by atoms with E-state index in [2.05, 4.69) is 11.9 Å². The van der Waals surface area contributed by atoms with Gasteiger partial charge in [0.15, 0.2) is 5.65 Å². The molecule has 0 fully saturated rings. The smallest absolute Gasteiger partial charge is 0.261 e. The Morgan fingerprint density at radius 3 is 2.50 bits per heavy atom. The van der Waals surface area contributed by atoms with Gasteiger partial charge < -0.3 is 15.6 Å². The van der Waals surface area contributed by atoms with E-state index in [9.17, 15) is 4.79 Å². The summed E-state index contributed by atoms with van der Waals surface area (Å²) in [7, 11) is 0. The molecule has 0 spiro atoms. The van der Waals surface area contributed by atoms with Gasteiger partial charge in [-0.15, -0.1) is 6.58 Å². The Bertz CT molecular complexity index is 1450. The Morgan fingerprint density at radius 2 is 1.70 bits per heavy atom. The molecule has 2 heterocycles. The predicted octanol–water partition coefficient (Wildman–Crippen LogP) is 4.76. The number of hydrogen-bond acceptors (Lipinski definition) is 4. The third-order valence-corrected chi connectivity index (χ3v) is 5.17. The molecule has 0 atom stereocenters. The highest BCUT2D eigenvalue weighted by Gasteiger charge is 2.24. The number of aromatic nitrogens is 3. The summed E-state index contributed by atoms with van der Waals surface area (Å²) in [5, 5.41) is 5.01. The lowest BCUT2D eigenvalue weighted by Gasteiger charge is -2.09. The van der Waals surface area contributed by atoms with E-state index < -0.39 is 0 Å². The number of amides is 1. The topological polar surface area (TPSA) is 85.8 Å². The molecule has 1 amide bonds. The Hall–Kier alpha value is -4.19. The lowest BCUT2D eigenvalue weighted by Crippen LogP contribution is -2.15. The van der Waals surface area contributed by atoms with Crippen LogP contribution >= 0.6 is 0 Å². The number of carbonyl (C=O) groups is 1. The summed E-state index contributed by atoms with van der Waals surface area (Å²) >= 11 is 0. The van der Waals surface area contributed by atoms with E-state index in [4.69, 9.17) is 15.7 Å². The standard InChI is InChI=1S/C24H19N5O/c1-2-14-29-22(25)20(21-23(29)27-19-12-6-5-11-18(19)26-21)24(30)28-17-13-7-9-15-8-3-4-10-16(15)17/h2-13H,1,14,25H2,(H,28,30). The minimum atomic E-state index is -0.318. The van der Waals surface area contributed by atoms with Crippen LogP contribution in [-0.2, 0) is 6.54 Å². The van der Waals surface area contributed by atoms with Crippen LogP contribution in [0.2, 0.25) is 0 Å². The fourth-order valence-corrected chi connectivity index (χ4v) is 3.77. The summed E-state index contributed by atoms with van der Waals surface area (Å²) in [6.07, 6.45) is 1.72. The van der Waals surface area contributed by atoms with Crippen LogP contribution in [0.5, 0.6) is 0 Å². The molecule has 0 unspecified atom stereocenters. The van der Waals surface area contributed by atoms with Crippen LogP contribution in [0.15, 0.2) is 79.4 Å². The maximum Gasteiger partial charge on any atom is 0.261 e. The van der Waals surface area contributed by atoms with Crippen LogP contribution in [0.25, 0.3) is 33.0 Å². The number of nitrogens with two attached hydrogens (primary N) is 1. The highest BCUT2D eigenvalue weighted by Crippen LogP contribution is 2.30. The van der Waals surface area contributed by atoms with Gasteiger partial charge in [-0.3, -0.25) is 4.79 Å². The molecule has 0 radical (unpaired) electrons. The van der Waals surface area contributed by atoms with Crippen molar-refractivity contribution in [2.45, 2.75) is 6.54 Å². The average Bonchev–Trinajstić information content (AvgIpc) is 3.03. The van der Waals surface area contributed by atoms with E-state index >= 15 is 0 Å². The van der Waals surface area contributed by atoms with Gasteiger partial charge in [-0.2, -0.15) is 0 Å². The van der Waals surface area contributed by atoms with E-state index in [1.807, 2.05) is 66.7 Å². The second kappa shape index (κ2) is 7.00. The third kappa shape index (κ3) is 2.78. The van der Waals surface area contributed by atoms with Crippen LogP contribution in [-0.4, -0.2) is 20.4 Å². The molecule has 0 saturated carbocycles. The highest BCUT2D eigenvalue weighted by molar-refractivity contribution is 6.17. The number of anilines is 2. The number of allylic oxidation sites excluding steroid dienone is 1. The summed E-state index contributed by atoms with van der Waals surface area (Å²) < 4.78 is 1.76. The fraction of sp³-hybridized carbons (Fsp3) is 0.0417. The van der Waals surface area contributed by atoms with Crippen molar-refractivity contribution in [3.63, 3.8) is 0 Å². The predicted molar refractivity (Wildman–Crippen MR) is 122 cm³/mol. The number of nitrogens with zero attached hydrogens (tertiary/aromatic N) is 3. The first-order chi connectivity index (χ1) is 14.7. The number of para-hydroxylation sites is 2. The van der Waals surface area contributed by atoms with Crippen molar-refractivity contribution in [1.29, 1.82) is 0 Å². The second-order valence-corrected chi connectivity index (χ2v) is 7.02. The molecule has 3 aromatic carbocycles. The van der Waals surface area contributed by atoms with E-state index in [1.165, 1.54) is 0 Å². The monoisotopic (exact) mass is 393 g/mol. The van der Waals surface area contributed by atoms with Gasteiger partial charge in [0.1, 0.15) is 16.9 Å². The zero-order chi connectivity index (χ0) is 20.7. The molecule has 0 saturated heterocycles. The first-order valence-corrected chi connectivity index (χ1v) is 9.62. The van der Waals surface area contributed by atoms with Crippen molar-refractivity contribution in [1.82, 2.24) is 14.5 Å². The molecule has 146 valence electrons. The van der Waals surface area contributed by atoms with Crippen molar-refractivity contribution in [2.75, 3.05) is 11.1 Å². The SMILES string of the molecule is C=CCn1c(N)c(C(=O)Nc2cccc3ccccc23)c2nc3ccccc3nc21. The molecule has 0 bridgehead atoms. The van der Waals surface area contributed by atoms with Crippen LogP contribution in [0.3, 0.4) is 0 Å². The summed E-state index contributed by atoms with van der Waals surface area (Å²) in [5.41, 5.74) is 9.94. The Balaban J connectivity index is 1.69. The lowest BCUT2D eigenvalue weighted by atomic mass is 10.1. The molecule has 5 aromatic rings. The summed E-state index contributed by atoms with van der Waals surface area (Å²) in [6.45, 7) is 4.22. The van der Waals surface area contributed by atoms with Crippen molar-refractivity contribution >= 4 is 50.4 Å². The van der Waals surface area contributed by atoms with Gasteiger partial charge >= 0.3 is 0 Å². The van der Waals surface area contributed by atoms with Gasteiger partial charge in [-0.1, -0.05) is 54.6 Å². The van der Waals surface area contributed by atoms with Crippen molar-refractivity contribution in [3.05, 3.63) is 84.9 Å². The van der Waals surface area contributed by atoms with Crippen molar-refractivity contribution in [2.24, 2.45) is 0 Å². The number of nitrogen functional groups attached to an aromatic ring is 1. The number of rotatable bonds is 4. The minimum Gasteiger partial charge on any atom is -0.384 e. The minimum absolute atomic E-state index is 0.318. The maximum absolute atomic E-state index is 13.3. The molecule has 3 N–H and O–H groups in total. The van der Waals surface area contributed by atoms with Gasteiger partial charge in [0.25, 0.3) is 5.91 Å². The first kappa shape index (κ1) is 17.9. The van der Waals surface area contributed by atoms with Crippen LogP contribution in [0.1, 0.15) is 10.4 Å². The van der Waals surface area contributed by atoms with Gasteiger partial charge in [0.2, 0.25) is 0 Å². The number of nitrogens with one attached hydrogen (secondary N) is 1. The van der Waals surface area contributed by atoms with E-state index in [-0.39, 0.29) is 5.91 Å². The number of benzene rings is 3. The number of fused-ring (bicyclic) bond motifs is 3. The number of hydrogen-bond donors (Lipinski definition) is 2. The van der Waals surface area contributed by atoms with Gasteiger partial charge in [-0.05, 0) is 23.6 Å². The van der Waals surface area contributed by atoms with Crippen LogP contribution < -0.4 is 11.1 Å². The largest absolute Gasteiger partial charge is 0.384 e. The summed E-state index contributed by atoms with van der Waals surface area (Å²) in [6, 6.07) is 21.2. The Morgan fingerprint density at radius 1 is 1.00 bits per heavy atom. The average molecular weight is 393 g/mol. The highest BCUT2D eigenvalue weighted by atomic mass is 16.1. The first-order valence-electron chi connectivity index (χ1n) is 9.62. The molecular weight excluding hydrogens is 374 g/mol. The fourth-order valence-electron chi connectivity index (χ4n) is 3.77. The molecule has 0 aliphatic rings. The molecule has 6 heteroatoms. The van der Waals surface area contributed by atoms with Crippen LogP contribution in [0, 0.1) is 0 Å². The number of carbonyl (C=O) groups excluding carboxylic acids is 1. The zero-order valence-corrected chi connectivity index (χ0v) is 16.2. The molecule has 30 heavy (non-hydrogen) atoms. The maximum atomic E-state index is 13.3. The molecular formula is C24H19N5O. The Kier molecular flexibility index (Phi) is 4.17. The summed E-state index contributed by atoms with van der Waals surface area (Å²) in [5.74, 6) is -0.000751. The van der Waals surface area contributed by atoms with E-state index in [1.54, 1.807) is 10.6 Å². The normalized spacial score (nSPS) is 11.2. The molecule has 0 aliphatic carbocycles. The zero-order valence-electron chi connectivity index (χ0n) is 16.2. The molecule has 6 nitrogen and oxygen atoms in total. The second-order valence-electron chi connectivity index (χ2n) is 7.02.